The van der Waals surface area contributed by atoms with Crippen molar-refractivity contribution in [3.05, 3.63) is 64.2 Å². The number of piperazine rings is 1. The topological polar surface area (TPSA) is 71.8 Å². The number of carbonyl (C=O) groups excluding carboxylic acids is 1. The summed E-state index contributed by atoms with van der Waals surface area (Å²) >= 11 is 1.36. The minimum Gasteiger partial charge on any atom is -0.497 e. The average molecular weight is 502 g/mol. The molecule has 0 radical (unpaired) electrons. The van der Waals surface area contributed by atoms with E-state index in [9.17, 15) is 18.0 Å². The molecule has 3 aromatic rings. The molecule has 0 aliphatic carbocycles. The SMILES string of the molecule is COc1ccc(Cn2ncc3cc(/C=C4\SC(N5CCNCC5)=NC4=O)ccc32)c(C(F)(F)F)c1. The number of hydrogen-bond donors (Lipinski definition) is 1. The van der Waals surface area contributed by atoms with E-state index < -0.39 is 11.7 Å². The van der Waals surface area contributed by atoms with Crippen LogP contribution in [0.3, 0.4) is 0 Å². The fourth-order valence-electron chi connectivity index (χ4n) is 4.11. The summed E-state index contributed by atoms with van der Waals surface area (Å²) in [6.45, 7) is 3.28. The summed E-state index contributed by atoms with van der Waals surface area (Å²) in [5.74, 6) is -0.119. The number of nitrogens with one attached hydrogen (secondary N) is 1. The van der Waals surface area contributed by atoms with Crippen LogP contribution in [0, 0.1) is 0 Å². The van der Waals surface area contributed by atoms with Crippen LogP contribution in [0.25, 0.3) is 17.0 Å². The summed E-state index contributed by atoms with van der Waals surface area (Å²) in [7, 11) is 1.33. The molecule has 11 heteroatoms. The lowest BCUT2D eigenvalue weighted by Gasteiger charge is -2.27. The van der Waals surface area contributed by atoms with Crippen LogP contribution in [0.15, 0.2) is 52.5 Å². The molecule has 1 aromatic heterocycles. The Kier molecular flexibility index (Phi) is 6.28. The van der Waals surface area contributed by atoms with Gasteiger partial charge in [-0.25, -0.2) is 0 Å². The van der Waals surface area contributed by atoms with E-state index in [1.807, 2.05) is 12.1 Å². The van der Waals surface area contributed by atoms with Crippen molar-refractivity contribution in [2.24, 2.45) is 4.99 Å². The van der Waals surface area contributed by atoms with E-state index in [1.54, 1.807) is 18.3 Å². The standard InChI is InChI=1S/C24H22F3N5O2S/c1-34-18-4-3-16(19(12-18)24(25,26)27)14-32-20-5-2-15(10-17(20)13-29-32)11-21-22(33)30-23(35-21)31-8-6-28-7-9-31/h2-5,10-13,28H,6-9,14H2,1H3/b21-11-. The maximum absolute atomic E-state index is 13.6. The van der Waals surface area contributed by atoms with E-state index in [2.05, 4.69) is 20.3 Å². The number of carbonyl (C=O) groups is 1. The van der Waals surface area contributed by atoms with Crippen LogP contribution >= 0.6 is 11.8 Å². The zero-order valence-electron chi connectivity index (χ0n) is 18.8. The molecule has 0 unspecified atom stereocenters. The zero-order valence-corrected chi connectivity index (χ0v) is 19.6. The third-order valence-corrected chi connectivity index (χ3v) is 6.95. The van der Waals surface area contributed by atoms with Crippen molar-refractivity contribution in [2.45, 2.75) is 12.7 Å². The Labute approximate surface area is 203 Å². The summed E-state index contributed by atoms with van der Waals surface area (Å²) < 4.78 is 47.3. The number of fused-ring (bicyclic) bond motifs is 1. The highest BCUT2D eigenvalue weighted by atomic mass is 32.2. The molecule has 0 bridgehead atoms. The molecule has 35 heavy (non-hydrogen) atoms. The van der Waals surface area contributed by atoms with Gasteiger partial charge in [0.1, 0.15) is 5.75 Å². The third kappa shape index (κ3) is 4.92. The number of ether oxygens (including phenoxy) is 1. The van der Waals surface area contributed by atoms with Gasteiger partial charge < -0.3 is 15.0 Å². The molecular formula is C24H22F3N5O2S. The normalized spacial score (nSPS) is 17.9. The van der Waals surface area contributed by atoms with Gasteiger partial charge in [0.25, 0.3) is 5.91 Å². The highest BCUT2D eigenvalue weighted by Crippen LogP contribution is 2.35. The smallest absolute Gasteiger partial charge is 0.416 e. The molecule has 7 nitrogen and oxygen atoms in total. The van der Waals surface area contributed by atoms with Crippen LogP contribution in [0.2, 0.25) is 0 Å². The molecule has 2 aliphatic rings. The lowest BCUT2D eigenvalue weighted by atomic mass is 10.1. The summed E-state index contributed by atoms with van der Waals surface area (Å²) in [5.41, 5.74) is 0.836. The van der Waals surface area contributed by atoms with Crippen molar-refractivity contribution in [3.8, 4) is 5.75 Å². The average Bonchev–Trinajstić information content (AvgIpc) is 3.42. The van der Waals surface area contributed by atoms with Crippen LogP contribution in [0.4, 0.5) is 13.2 Å². The maximum Gasteiger partial charge on any atom is 0.416 e. The quantitative estimate of drug-likeness (QED) is 0.546. The van der Waals surface area contributed by atoms with E-state index in [-0.39, 0.29) is 23.8 Å². The third-order valence-electron chi connectivity index (χ3n) is 5.90. The van der Waals surface area contributed by atoms with Gasteiger partial charge in [-0.05, 0) is 53.2 Å². The summed E-state index contributed by atoms with van der Waals surface area (Å²) in [5, 5.41) is 9.07. The summed E-state index contributed by atoms with van der Waals surface area (Å²) in [6.07, 6.45) is -1.11. The molecule has 182 valence electrons. The molecule has 2 aromatic carbocycles. The highest BCUT2D eigenvalue weighted by molar-refractivity contribution is 8.18. The van der Waals surface area contributed by atoms with E-state index in [0.29, 0.717) is 10.4 Å². The Morgan fingerprint density at radius 2 is 1.97 bits per heavy atom. The molecule has 0 saturated carbocycles. The molecule has 3 heterocycles. The first-order chi connectivity index (χ1) is 16.8. The van der Waals surface area contributed by atoms with Crippen LogP contribution in [0.1, 0.15) is 16.7 Å². The van der Waals surface area contributed by atoms with Crippen molar-refractivity contribution >= 4 is 39.8 Å². The van der Waals surface area contributed by atoms with E-state index >= 15 is 0 Å². The molecule has 1 N–H and O–H groups in total. The molecule has 1 amide bonds. The maximum atomic E-state index is 13.6. The fourth-order valence-corrected chi connectivity index (χ4v) is 5.07. The van der Waals surface area contributed by atoms with Gasteiger partial charge in [0.15, 0.2) is 5.17 Å². The second-order valence-electron chi connectivity index (χ2n) is 8.19. The van der Waals surface area contributed by atoms with Gasteiger partial charge in [-0.15, -0.1) is 0 Å². The van der Waals surface area contributed by atoms with Gasteiger partial charge >= 0.3 is 6.18 Å². The van der Waals surface area contributed by atoms with Crippen molar-refractivity contribution in [2.75, 3.05) is 33.3 Å². The number of nitrogens with zero attached hydrogens (tertiary/aromatic N) is 4. The van der Waals surface area contributed by atoms with Gasteiger partial charge in [-0.1, -0.05) is 12.1 Å². The molecule has 2 aliphatic heterocycles. The molecule has 1 fully saturated rings. The molecule has 1 saturated heterocycles. The van der Waals surface area contributed by atoms with Gasteiger partial charge in [-0.2, -0.15) is 23.3 Å². The van der Waals surface area contributed by atoms with E-state index in [1.165, 1.54) is 35.7 Å². The number of methoxy groups -OCH3 is 1. The first kappa shape index (κ1) is 23.4. The van der Waals surface area contributed by atoms with E-state index in [4.69, 9.17) is 4.74 Å². The second kappa shape index (κ2) is 9.38. The molecule has 0 spiro atoms. The number of amides is 1. The first-order valence-electron chi connectivity index (χ1n) is 11.0. The summed E-state index contributed by atoms with van der Waals surface area (Å²) in [6, 6.07) is 9.40. The molecular weight excluding hydrogens is 479 g/mol. The number of aliphatic imine (C=N–C) groups is 1. The van der Waals surface area contributed by atoms with Crippen LogP contribution < -0.4 is 10.1 Å². The number of halogens is 3. The predicted molar refractivity (Wildman–Crippen MR) is 129 cm³/mol. The van der Waals surface area contributed by atoms with Crippen molar-refractivity contribution in [1.29, 1.82) is 0 Å². The summed E-state index contributed by atoms with van der Waals surface area (Å²) in [4.78, 5) is 19.3. The highest BCUT2D eigenvalue weighted by Gasteiger charge is 2.34. The largest absolute Gasteiger partial charge is 0.497 e. The Morgan fingerprint density at radius 1 is 1.17 bits per heavy atom. The Morgan fingerprint density at radius 3 is 2.71 bits per heavy atom. The molecule has 0 atom stereocenters. The second-order valence-corrected chi connectivity index (χ2v) is 9.20. The minimum atomic E-state index is -4.51. The Balaban J connectivity index is 1.37. The lowest BCUT2D eigenvalue weighted by molar-refractivity contribution is -0.138. The first-order valence-corrected chi connectivity index (χ1v) is 11.8. The predicted octanol–water partition coefficient (Wildman–Crippen LogP) is 3.99. The number of benzene rings is 2. The van der Waals surface area contributed by atoms with Gasteiger partial charge in [0.2, 0.25) is 0 Å². The number of amidine groups is 1. The van der Waals surface area contributed by atoms with Crippen LogP contribution in [-0.2, 0) is 17.5 Å². The number of hydrogen-bond acceptors (Lipinski definition) is 6. The fraction of sp³-hybridized carbons (Fsp3) is 0.292. The number of thioether (sulfide) groups is 1. The Hall–Kier alpha value is -3.31. The van der Waals surface area contributed by atoms with Crippen LogP contribution in [0.5, 0.6) is 5.75 Å². The van der Waals surface area contributed by atoms with Crippen molar-refractivity contribution in [3.63, 3.8) is 0 Å². The minimum absolute atomic E-state index is 0.0427. The number of aromatic nitrogens is 2. The van der Waals surface area contributed by atoms with Gasteiger partial charge in [0, 0.05) is 31.6 Å². The van der Waals surface area contributed by atoms with Gasteiger partial charge in [0.05, 0.1) is 35.8 Å². The number of rotatable bonds is 4. The van der Waals surface area contributed by atoms with Crippen LogP contribution in [-0.4, -0.2) is 59.0 Å². The number of alkyl halides is 3. The molecule has 5 rings (SSSR count). The van der Waals surface area contributed by atoms with E-state index in [0.717, 1.165) is 48.4 Å². The van der Waals surface area contributed by atoms with Gasteiger partial charge in [-0.3, -0.25) is 9.48 Å². The monoisotopic (exact) mass is 501 g/mol. The van der Waals surface area contributed by atoms with Crippen molar-refractivity contribution < 1.29 is 22.7 Å². The lowest BCUT2D eigenvalue weighted by Crippen LogP contribution is -2.45. The zero-order chi connectivity index (χ0) is 24.6. The van der Waals surface area contributed by atoms with Crippen molar-refractivity contribution in [1.82, 2.24) is 20.0 Å². The Bertz CT molecular complexity index is 1340.